The normalized spacial score (nSPS) is 35.1. The van der Waals surface area contributed by atoms with Crippen LogP contribution >= 0.6 is 0 Å². The summed E-state index contributed by atoms with van der Waals surface area (Å²) in [4.78, 5) is 73.8. The van der Waals surface area contributed by atoms with Gasteiger partial charge in [0.2, 0.25) is 11.8 Å². The number of rotatable bonds is 10. The maximum Gasteiger partial charge on any atom is 0.339 e. The Balaban J connectivity index is 0.000000173. The molecule has 7 aliphatic carbocycles. The molecule has 2 aromatic rings. The van der Waals surface area contributed by atoms with Crippen molar-refractivity contribution in [2.24, 2.45) is 45.3 Å². The molecule has 7 fully saturated rings. The minimum absolute atomic E-state index is 0.00395. The highest BCUT2D eigenvalue weighted by atomic mass is 16.5. The fourth-order valence-electron chi connectivity index (χ4n) is 13.0. The first-order chi connectivity index (χ1) is 29.6. The number of carbonyl (C=O) groups is 6. The fourth-order valence-corrected chi connectivity index (χ4v) is 13.0. The van der Waals surface area contributed by atoms with Gasteiger partial charge in [-0.3, -0.25) is 19.2 Å². The third-order valence-electron chi connectivity index (χ3n) is 16.2. The van der Waals surface area contributed by atoms with Crippen LogP contribution in [0.25, 0.3) is 0 Å². The number of phenolic OH excluding ortho intramolecular Hbond substituents is 2. The topological polar surface area (TPSA) is 257 Å². The second-order valence-electron chi connectivity index (χ2n) is 19.7. The number of carbonyl (C=O) groups excluding carboxylic acids is 4. The molecule has 15 heteroatoms. The lowest BCUT2D eigenvalue weighted by Crippen LogP contribution is -2.56. The number of benzene rings is 2. The Labute approximate surface area is 363 Å². The van der Waals surface area contributed by atoms with Crippen molar-refractivity contribution in [1.82, 2.24) is 0 Å². The van der Waals surface area contributed by atoms with E-state index >= 15 is 0 Å². The van der Waals surface area contributed by atoms with Crippen molar-refractivity contribution in [3.05, 3.63) is 71.8 Å². The molecule has 2 amide bonds. The predicted octanol–water partition coefficient (Wildman–Crippen LogP) is 7.26. The van der Waals surface area contributed by atoms with E-state index in [1.807, 2.05) is 13.8 Å². The zero-order chi connectivity index (χ0) is 45.6. The van der Waals surface area contributed by atoms with Crippen molar-refractivity contribution in [3.8, 4) is 23.0 Å². The second kappa shape index (κ2) is 15.1. The minimum Gasteiger partial charge on any atom is -0.506 e. The Morgan fingerprint density at radius 2 is 1.29 bits per heavy atom. The maximum atomic E-state index is 13.1. The van der Waals surface area contributed by atoms with Gasteiger partial charge in [-0.05, 0) is 130 Å². The molecule has 2 spiro atoms. The molecule has 63 heavy (non-hydrogen) atoms. The number of aromatic hydroxyl groups is 4. The number of fused-ring (bicyclic) bond motifs is 2. The van der Waals surface area contributed by atoms with Gasteiger partial charge in [0.05, 0.1) is 11.7 Å². The van der Waals surface area contributed by atoms with Gasteiger partial charge >= 0.3 is 11.9 Å². The Kier molecular flexibility index (Phi) is 10.5. The zero-order valence-corrected chi connectivity index (χ0v) is 35.5. The van der Waals surface area contributed by atoms with Crippen molar-refractivity contribution < 1.29 is 64.1 Å². The molecule has 2 aromatic carbocycles. The van der Waals surface area contributed by atoms with Crippen LogP contribution in [-0.4, -0.2) is 77.7 Å². The summed E-state index contributed by atoms with van der Waals surface area (Å²) in [7, 11) is 0. The van der Waals surface area contributed by atoms with E-state index in [0.717, 1.165) is 69.2 Å². The van der Waals surface area contributed by atoms with Crippen LogP contribution in [0, 0.1) is 45.3 Å². The highest BCUT2D eigenvalue weighted by molar-refractivity contribution is 6.02. The van der Waals surface area contributed by atoms with E-state index in [9.17, 15) is 49.2 Å². The molecule has 2 heterocycles. The van der Waals surface area contributed by atoms with Gasteiger partial charge in [0.1, 0.15) is 34.0 Å². The van der Waals surface area contributed by atoms with Crippen molar-refractivity contribution in [3.63, 3.8) is 0 Å². The molecule has 6 bridgehead atoms. The standard InChI is InChI=1S/C24H27NO7.C24H27NO6/c1-22(7-6-17(28)25-18-14(26)4-3-13(19(18)29)21(30)31)16(27)5-8-24-10-12-9-15(20(22)24)32-23(12,2)11-24;1-13-12-24-9-5-14(13)11-17(24)23(2,18(27)6-10-24)8-7-19(28)25-20-16(26)4-3-15(21(20)29)22(30)31/h3-5,8,12,15,20,26,29H,6-7,9-11H2,1-2H3,(H,25,28)(H,30,31);3-4,6,10,14,17,26,29H,1,5,7-9,11-12H2,2H3,(H,25,28)(H,30,31)/t12?,15-,20?,22+,23-,24-;14-,17?,23-,24+/m00/s1. The molecule has 3 unspecified atom stereocenters. The van der Waals surface area contributed by atoms with Crippen molar-refractivity contribution >= 4 is 46.7 Å². The van der Waals surface area contributed by atoms with Gasteiger partial charge < -0.3 is 46.0 Å². The summed E-state index contributed by atoms with van der Waals surface area (Å²) in [6.07, 6.45) is 14.8. The van der Waals surface area contributed by atoms with Crippen molar-refractivity contribution in [1.29, 1.82) is 0 Å². The van der Waals surface area contributed by atoms with Crippen LogP contribution in [0.1, 0.15) is 112 Å². The van der Waals surface area contributed by atoms with Gasteiger partial charge in [-0.2, -0.15) is 0 Å². The average molecular weight is 867 g/mol. The molecule has 10 atom stereocenters. The molecule has 0 aromatic heterocycles. The van der Waals surface area contributed by atoms with Gasteiger partial charge in [0.25, 0.3) is 0 Å². The monoisotopic (exact) mass is 866 g/mol. The number of amides is 2. The largest absolute Gasteiger partial charge is 0.506 e. The molecule has 2 saturated heterocycles. The fraction of sp³-hybridized carbons (Fsp3) is 0.500. The molecule has 11 rings (SSSR count). The molecule has 9 aliphatic rings. The molecule has 0 radical (unpaired) electrons. The Morgan fingerprint density at radius 3 is 1.81 bits per heavy atom. The van der Waals surface area contributed by atoms with E-state index in [-0.39, 0.29) is 76.6 Å². The number of anilines is 2. The lowest BCUT2D eigenvalue weighted by molar-refractivity contribution is -0.169. The smallest absolute Gasteiger partial charge is 0.339 e. The van der Waals surface area contributed by atoms with Crippen molar-refractivity contribution in [2.45, 2.75) is 103 Å². The van der Waals surface area contributed by atoms with Gasteiger partial charge in [0, 0.05) is 29.6 Å². The van der Waals surface area contributed by atoms with E-state index in [1.54, 1.807) is 12.2 Å². The van der Waals surface area contributed by atoms with Gasteiger partial charge in [-0.15, -0.1) is 0 Å². The SMILES string of the molecule is C=C1C[C@@]23C=CC(=O)[C@@](C)(CCC(=O)Nc4c(O)ccc(C(=O)O)c4O)C2C[C@@H]1CC3.C[C@]12C[C@@]34C=CC(=O)[C@@](C)(CCC(=O)Nc5c(O)ccc(C(=O)O)c5O)C3[C@H](CC1C4)O2. The molecular formula is C48H54N2O13. The van der Waals surface area contributed by atoms with Crippen LogP contribution in [0.15, 0.2) is 60.7 Å². The molecular weight excluding hydrogens is 813 g/mol. The number of nitrogens with one attached hydrogen (secondary N) is 2. The second-order valence-corrected chi connectivity index (χ2v) is 19.7. The minimum atomic E-state index is -1.38. The quantitative estimate of drug-likeness (QED) is 0.0866. The highest BCUT2D eigenvalue weighted by Gasteiger charge is 2.71. The summed E-state index contributed by atoms with van der Waals surface area (Å²) in [6, 6.07) is 4.32. The van der Waals surface area contributed by atoms with E-state index in [4.69, 9.17) is 14.9 Å². The average Bonchev–Trinajstić information content (AvgIpc) is 3.59. The number of allylic oxidation sites excluding steroid dienone is 5. The number of aromatic carboxylic acids is 2. The summed E-state index contributed by atoms with van der Waals surface area (Å²) in [5.74, 6) is -4.97. The zero-order valence-electron chi connectivity index (χ0n) is 35.5. The number of carboxylic acid groups (broad SMARTS) is 2. The van der Waals surface area contributed by atoms with Crippen molar-refractivity contribution in [2.75, 3.05) is 10.6 Å². The van der Waals surface area contributed by atoms with Crippen LogP contribution in [0.3, 0.4) is 0 Å². The van der Waals surface area contributed by atoms with E-state index < -0.39 is 68.7 Å². The van der Waals surface area contributed by atoms with Crippen LogP contribution in [0.2, 0.25) is 0 Å². The predicted molar refractivity (Wildman–Crippen MR) is 227 cm³/mol. The van der Waals surface area contributed by atoms with Crippen LogP contribution < -0.4 is 10.6 Å². The molecule has 5 saturated carbocycles. The van der Waals surface area contributed by atoms with Crippen LogP contribution in [-0.2, 0) is 23.9 Å². The van der Waals surface area contributed by atoms with Crippen LogP contribution in [0.4, 0.5) is 11.4 Å². The number of ketones is 2. The van der Waals surface area contributed by atoms with Gasteiger partial charge in [-0.1, -0.05) is 38.2 Å². The number of hydrogen-bond donors (Lipinski definition) is 8. The van der Waals surface area contributed by atoms with E-state index in [0.29, 0.717) is 18.3 Å². The lowest BCUT2D eigenvalue weighted by atomic mass is 9.44. The maximum absolute atomic E-state index is 13.1. The van der Waals surface area contributed by atoms with Crippen LogP contribution in [0.5, 0.6) is 23.0 Å². The number of hydrogen-bond acceptors (Lipinski definition) is 11. The highest BCUT2D eigenvalue weighted by Crippen LogP contribution is 2.72. The summed E-state index contributed by atoms with van der Waals surface area (Å²) in [5.41, 5.74) is -2.01. The van der Waals surface area contributed by atoms with E-state index in [2.05, 4.69) is 36.3 Å². The first-order valence-electron chi connectivity index (χ1n) is 21.6. The van der Waals surface area contributed by atoms with Gasteiger partial charge in [-0.25, -0.2) is 9.59 Å². The Bertz CT molecular complexity index is 2440. The summed E-state index contributed by atoms with van der Waals surface area (Å²) >= 11 is 0. The molecule has 2 aliphatic heterocycles. The van der Waals surface area contributed by atoms with E-state index in [1.165, 1.54) is 5.57 Å². The first kappa shape index (κ1) is 43.7. The molecule has 8 N–H and O–H groups in total. The lowest BCUT2D eigenvalue weighted by Gasteiger charge is -2.59. The third-order valence-corrected chi connectivity index (χ3v) is 16.2. The number of ether oxygens (including phenoxy) is 1. The third kappa shape index (κ3) is 6.99. The summed E-state index contributed by atoms with van der Waals surface area (Å²) in [5, 5.41) is 63.3. The Morgan fingerprint density at radius 1 is 0.762 bits per heavy atom. The Hall–Kier alpha value is -5.96. The molecule has 334 valence electrons. The number of carboxylic acids is 2. The first-order valence-corrected chi connectivity index (χ1v) is 21.6. The van der Waals surface area contributed by atoms with Gasteiger partial charge in [0.15, 0.2) is 23.1 Å². The number of phenols is 4. The molecule has 15 nitrogen and oxygen atoms in total. The summed E-state index contributed by atoms with van der Waals surface area (Å²) < 4.78 is 6.41. The summed E-state index contributed by atoms with van der Waals surface area (Å²) in [6.45, 7) is 10.2.